The third kappa shape index (κ3) is 2.59. The number of nitrogens with two attached hydrogens (primary N) is 1. The van der Waals surface area contributed by atoms with Gasteiger partial charge in [0.25, 0.3) is 0 Å². The average Bonchev–Trinajstić information content (AvgIpc) is 2.50. The van der Waals surface area contributed by atoms with Gasteiger partial charge in [-0.05, 0) is 42.7 Å². The molecular formula is C12H21N3. The third-order valence-electron chi connectivity index (χ3n) is 3.25. The molecule has 0 unspecified atom stereocenters. The highest BCUT2D eigenvalue weighted by Crippen LogP contribution is 2.45. The van der Waals surface area contributed by atoms with E-state index in [1.54, 1.807) is 0 Å². The van der Waals surface area contributed by atoms with E-state index in [-0.39, 0.29) is 0 Å². The second kappa shape index (κ2) is 3.97. The molecule has 0 bridgehead atoms. The molecule has 1 aromatic heterocycles. The summed E-state index contributed by atoms with van der Waals surface area (Å²) in [5, 5.41) is 4.37. The Morgan fingerprint density at radius 3 is 2.87 bits per heavy atom. The van der Waals surface area contributed by atoms with Crippen LogP contribution < -0.4 is 5.73 Å². The molecule has 1 saturated carbocycles. The summed E-state index contributed by atoms with van der Waals surface area (Å²) >= 11 is 0. The number of hydrogen-bond acceptors (Lipinski definition) is 2. The van der Waals surface area contributed by atoms with Gasteiger partial charge < -0.3 is 5.73 Å². The molecule has 0 spiro atoms. The molecule has 0 radical (unpaired) electrons. The first kappa shape index (κ1) is 10.7. The van der Waals surface area contributed by atoms with Crippen molar-refractivity contribution in [2.75, 3.05) is 6.54 Å². The molecule has 3 nitrogen and oxygen atoms in total. The Kier molecular flexibility index (Phi) is 2.83. The number of rotatable bonds is 4. The predicted molar refractivity (Wildman–Crippen MR) is 61.5 cm³/mol. The summed E-state index contributed by atoms with van der Waals surface area (Å²) in [7, 11) is 0. The standard InChI is InChI=1S/C12H21N3/c1-12(2)5-11(6-12)9-15-8-10(3-4-13)7-14-15/h7-8,11H,3-6,9,13H2,1-2H3. The van der Waals surface area contributed by atoms with Crippen LogP contribution in [0, 0.1) is 11.3 Å². The largest absolute Gasteiger partial charge is 0.330 e. The predicted octanol–water partition coefficient (Wildman–Crippen LogP) is 1.82. The Bertz CT molecular complexity index is 319. The van der Waals surface area contributed by atoms with Crippen molar-refractivity contribution in [2.45, 2.75) is 39.7 Å². The first-order chi connectivity index (χ1) is 7.09. The lowest BCUT2D eigenvalue weighted by atomic mass is 9.64. The van der Waals surface area contributed by atoms with Gasteiger partial charge in [0, 0.05) is 12.7 Å². The molecule has 15 heavy (non-hydrogen) atoms. The molecule has 1 heterocycles. The van der Waals surface area contributed by atoms with Gasteiger partial charge in [0.1, 0.15) is 0 Å². The first-order valence-electron chi connectivity index (χ1n) is 5.80. The number of nitrogens with zero attached hydrogens (tertiary/aromatic N) is 2. The van der Waals surface area contributed by atoms with E-state index in [4.69, 9.17) is 5.73 Å². The van der Waals surface area contributed by atoms with Gasteiger partial charge in [-0.2, -0.15) is 5.10 Å². The summed E-state index contributed by atoms with van der Waals surface area (Å²) in [5.41, 5.74) is 7.33. The van der Waals surface area contributed by atoms with Crippen molar-refractivity contribution < 1.29 is 0 Å². The summed E-state index contributed by atoms with van der Waals surface area (Å²) in [6.07, 6.45) is 7.68. The molecule has 1 fully saturated rings. The van der Waals surface area contributed by atoms with Crippen molar-refractivity contribution in [3.63, 3.8) is 0 Å². The molecule has 84 valence electrons. The van der Waals surface area contributed by atoms with Crippen LogP contribution in [0.4, 0.5) is 0 Å². The van der Waals surface area contributed by atoms with Crippen molar-refractivity contribution >= 4 is 0 Å². The van der Waals surface area contributed by atoms with Crippen LogP contribution in [0.1, 0.15) is 32.3 Å². The van der Waals surface area contributed by atoms with E-state index in [1.807, 2.05) is 6.20 Å². The van der Waals surface area contributed by atoms with Gasteiger partial charge in [-0.25, -0.2) is 0 Å². The summed E-state index contributed by atoms with van der Waals surface area (Å²) in [5.74, 6) is 0.825. The van der Waals surface area contributed by atoms with E-state index in [0.29, 0.717) is 12.0 Å². The minimum Gasteiger partial charge on any atom is -0.330 e. The minimum atomic E-state index is 0.567. The van der Waals surface area contributed by atoms with Gasteiger partial charge in [0.15, 0.2) is 0 Å². The molecule has 0 amide bonds. The fourth-order valence-corrected chi connectivity index (χ4v) is 2.70. The van der Waals surface area contributed by atoms with Gasteiger partial charge >= 0.3 is 0 Å². The highest BCUT2D eigenvalue weighted by molar-refractivity contribution is 5.04. The lowest BCUT2D eigenvalue weighted by Crippen LogP contribution is -2.34. The van der Waals surface area contributed by atoms with Crippen molar-refractivity contribution in [1.29, 1.82) is 0 Å². The quantitative estimate of drug-likeness (QED) is 0.818. The Morgan fingerprint density at radius 2 is 2.27 bits per heavy atom. The molecule has 1 aliphatic carbocycles. The van der Waals surface area contributed by atoms with Crippen LogP contribution in [0.5, 0.6) is 0 Å². The molecule has 2 N–H and O–H groups in total. The van der Waals surface area contributed by atoms with Gasteiger partial charge in [-0.1, -0.05) is 13.8 Å². The second-order valence-electron chi connectivity index (χ2n) is 5.55. The zero-order valence-electron chi connectivity index (χ0n) is 9.74. The van der Waals surface area contributed by atoms with Gasteiger partial charge in [-0.3, -0.25) is 4.68 Å². The Balaban J connectivity index is 1.84. The van der Waals surface area contributed by atoms with E-state index < -0.39 is 0 Å². The molecule has 2 rings (SSSR count). The summed E-state index contributed by atoms with van der Waals surface area (Å²) in [4.78, 5) is 0. The summed E-state index contributed by atoms with van der Waals surface area (Å²) in [6.45, 7) is 6.47. The average molecular weight is 207 g/mol. The maximum atomic E-state index is 5.51. The molecule has 3 heteroatoms. The summed E-state index contributed by atoms with van der Waals surface area (Å²) in [6, 6.07) is 0. The van der Waals surface area contributed by atoms with E-state index in [1.165, 1.54) is 18.4 Å². The maximum Gasteiger partial charge on any atom is 0.0522 e. The number of aromatic nitrogens is 2. The van der Waals surface area contributed by atoms with Crippen molar-refractivity contribution in [3.05, 3.63) is 18.0 Å². The van der Waals surface area contributed by atoms with Crippen LogP contribution in [0.3, 0.4) is 0 Å². The minimum absolute atomic E-state index is 0.567. The Hall–Kier alpha value is -0.830. The van der Waals surface area contributed by atoms with Gasteiger partial charge in [0.2, 0.25) is 0 Å². The van der Waals surface area contributed by atoms with Gasteiger partial charge in [-0.15, -0.1) is 0 Å². The Labute approximate surface area is 91.7 Å². The van der Waals surface area contributed by atoms with Crippen LogP contribution in [-0.4, -0.2) is 16.3 Å². The molecule has 1 aromatic rings. The molecule has 0 aromatic carbocycles. The topological polar surface area (TPSA) is 43.8 Å². The van der Waals surface area contributed by atoms with Crippen LogP contribution in [0.15, 0.2) is 12.4 Å². The molecule has 0 saturated heterocycles. The lowest BCUT2D eigenvalue weighted by molar-refractivity contribution is 0.0800. The fourth-order valence-electron chi connectivity index (χ4n) is 2.70. The van der Waals surface area contributed by atoms with Crippen LogP contribution >= 0.6 is 0 Å². The fraction of sp³-hybridized carbons (Fsp3) is 0.750. The smallest absolute Gasteiger partial charge is 0.0522 e. The number of hydrogen-bond donors (Lipinski definition) is 1. The Morgan fingerprint density at radius 1 is 1.53 bits per heavy atom. The zero-order chi connectivity index (χ0) is 10.9. The van der Waals surface area contributed by atoms with Crippen LogP contribution in [0.2, 0.25) is 0 Å². The molecule has 0 atom stereocenters. The van der Waals surface area contributed by atoms with Crippen molar-refractivity contribution in [3.8, 4) is 0 Å². The monoisotopic (exact) mass is 207 g/mol. The van der Waals surface area contributed by atoms with E-state index in [2.05, 4.69) is 29.8 Å². The van der Waals surface area contributed by atoms with Crippen molar-refractivity contribution in [1.82, 2.24) is 9.78 Å². The van der Waals surface area contributed by atoms with Gasteiger partial charge in [0.05, 0.1) is 6.20 Å². The van der Waals surface area contributed by atoms with Crippen LogP contribution in [-0.2, 0) is 13.0 Å². The van der Waals surface area contributed by atoms with E-state index in [9.17, 15) is 0 Å². The molecule has 1 aliphatic rings. The maximum absolute atomic E-state index is 5.51. The first-order valence-corrected chi connectivity index (χ1v) is 5.80. The normalized spacial score (nSPS) is 20.2. The molecule has 0 aliphatic heterocycles. The lowest BCUT2D eigenvalue weighted by Gasteiger charge is -2.42. The summed E-state index contributed by atoms with van der Waals surface area (Å²) < 4.78 is 2.07. The SMILES string of the molecule is CC1(C)CC(Cn2cc(CCN)cn2)C1. The third-order valence-corrected chi connectivity index (χ3v) is 3.25. The second-order valence-corrected chi connectivity index (χ2v) is 5.55. The van der Waals surface area contributed by atoms with E-state index in [0.717, 1.165) is 18.9 Å². The zero-order valence-corrected chi connectivity index (χ0v) is 9.74. The van der Waals surface area contributed by atoms with Crippen LogP contribution in [0.25, 0.3) is 0 Å². The highest BCUT2D eigenvalue weighted by Gasteiger charge is 2.35. The van der Waals surface area contributed by atoms with E-state index >= 15 is 0 Å². The molecular weight excluding hydrogens is 186 g/mol. The highest BCUT2D eigenvalue weighted by atomic mass is 15.3. The van der Waals surface area contributed by atoms with Crippen molar-refractivity contribution in [2.24, 2.45) is 17.1 Å².